The summed E-state index contributed by atoms with van der Waals surface area (Å²) in [7, 11) is 1.61. The summed E-state index contributed by atoms with van der Waals surface area (Å²) in [4.78, 5) is 20.6. The van der Waals surface area contributed by atoms with Gasteiger partial charge in [0.25, 0.3) is 5.91 Å². The fourth-order valence-corrected chi connectivity index (χ4v) is 2.63. The molecule has 0 unspecified atom stereocenters. The van der Waals surface area contributed by atoms with Crippen molar-refractivity contribution < 1.29 is 14.3 Å². The third kappa shape index (κ3) is 5.93. The Hall–Kier alpha value is -3.61. The SMILES string of the molecule is COc1ccc(OCCNC(=O)c2cnc(NCc3ccccc3C)nc2)cc1. The lowest BCUT2D eigenvalue weighted by atomic mass is 10.1. The second-order valence-electron chi connectivity index (χ2n) is 6.36. The van der Waals surface area contributed by atoms with Gasteiger partial charge in [0, 0.05) is 18.9 Å². The monoisotopic (exact) mass is 392 g/mol. The number of nitrogens with one attached hydrogen (secondary N) is 2. The number of carbonyl (C=O) groups is 1. The Kier molecular flexibility index (Phi) is 7.00. The molecular weight excluding hydrogens is 368 g/mol. The van der Waals surface area contributed by atoms with Crippen LogP contribution in [0.5, 0.6) is 11.5 Å². The summed E-state index contributed by atoms with van der Waals surface area (Å²) in [5.74, 6) is 1.72. The van der Waals surface area contributed by atoms with E-state index in [2.05, 4.69) is 39.7 Å². The summed E-state index contributed by atoms with van der Waals surface area (Å²) >= 11 is 0. The van der Waals surface area contributed by atoms with Crippen LogP contribution in [0.1, 0.15) is 21.5 Å². The Morgan fingerprint density at radius 2 is 1.69 bits per heavy atom. The molecular formula is C22H24N4O3. The summed E-state index contributed by atoms with van der Waals surface area (Å²) in [5.41, 5.74) is 2.78. The van der Waals surface area contributed by atoms with Crippen LogP contribution in [-0.4, -0.2) is 36.1 Å². The van der Waals surface area contributed by atoms with E-state index in [0.29, 0.717) is 37.0 Å². The fraction of sp³-hybridized carbons (Fsp3) is 0.227. The van der Waals surface area contributed by atoms with Crippen molar-refractivity contribution in [1.29, 1.82) is 0 Å². The van der Waals surface area contributed by atoms with Gasteiger partial charge in [0.15, 0.2) is 0 Å². The van der Waals surface area contributed by atoms with Crippen LogP contribution in [0, 0.1) is 6.92 Å². The molecule has 2 N–H and O–H groups in total. The zero-order chi connectivity index (χ0) is 20.5. The summed E-state index contributed by atoms with van der Waals surface area (Å²) in [6.45, 7) is 3.41. The number of carbonyl (C=O) groups excluding carboxylic acids is 1. The van der Waals surface area contributed by atoms with Crippen molar-refractivity contribution in [2.24, 2.45) is 0 Å². The molecule has 3 rings (SSSR count). The molecule has 150 valence electrons. The van der Waals surface area contributed by atoms with Crippen molar-refractivity contribution in [1.82, 2.24) is 15.3 Å². The van der Waals surface area contributed by atoms with Crippen molar-refractivity contribution >= 4 is 11.9 Å². The molecule has 1 amide bonds. The van der Waals surface area contributed by atoms with Gasteiger partial charge >= 0.3 is 0 Å². The average Bonchev–Trinajstić information content (AvgIpc) is 2.77. The lowest BCUT2D eigenvalue weighted by Crippen LogP contribution is -2.28. The van der Waals surface area contributed by atoms with Crippen LogP contribution in [0.15, 0.2) is 60.9 Å². The molecule has 0 aliphatic rings. The van der Waals surface area contributed by atoms with Crippen LogP contribution in [0.25, 0.3) is 0 Å². The highest BCUT2D eigenvalue weighted by molar-refractivity contribution is 5.93. The minimum atomic E-state index is -0.242. The van der Waals surface area contributed by atoms with Crippen LogP contribution in [0.4, 0.5) is 5.95 Å². The lowest BCUT2D eigenvalue weighted by molar-refractivity contribution is 0.0946. The largest absolute Gasteiger partial charge is 0.497 e. The molecule has 0 aliphatic carbocycles. The van der Waals surface area contributed by atoms with E-state index < -0.39 is 0 Å². The van der Waals surface area contributed by atoms with Crippen LogP contribution in [0.3, 0.4) is 0 Å². The Morgan fingerprint density at radius 1 is 1.00 bits per heavy atom. The van der Waals surface area contributed by atoms with E-state index in [1.807, 2.05) is 36.4 Å². The van der Waals surface area contributed by atoms with Gasteiger partial charge in [-0.1, -0.05) is 24.3 Å². The molecule has 0 saturated carbocycles. The highest BCUT2D eigenvalue weighted by Gasteiger charge is 2.07. The second-order valence-corrected chi connectivity index (χ2v) is 6.36. The number of anilines is 1. The number of hydrogen-bond donors (Lipinski definition) is 2. The highest BCUT2D eigenvalue weighted by atomic mass is 16.5. The van der Waals surface area contributed by atoms with Crippen molar-refractivity contribution in [3.05, 3.63) is 77.6 Å². The smallest absolute Gasteiger partial charge is 0.254 e. The van der Waals surface area contributed by atoms with Gasteiger partial charge in [-0.2, -0.15) is 0 Å². The van der Waals surface area contributed by atoms with E-state index in [-0.39, 0.29) is 5.91 Å². The number of rotatable bonds is 9. The van der Waals surface area contributed by atoms with Gasteiger partial charge in [0.05, 0.1) is 19.2 Å². The number of nitrogens with zero attached hydrogens (tertiary/aromatic N) is 2. The maximum Gasteiger partial charge on any atom is 0.254 e. The third-order valence-corrected chi connectivity index (χ3v) is 4.33. The van der Waals surface area contributed by atoms with E-state index in [1.165, 1.54) is 23.5 Å². The third-order valence-electron chi connectivity index (χ3n) is 4.33. The first-order valence-electron chi connectivity index (χ1n) is 9.31. The molecule has 0 spiro atoms. The molecule has 0 saturated heterocycles. The predicted octanol–water partition coefficient (Wildman–Crippen LogP) is 3.21. The van der Waals surface area contributed by atoms with Crippen molar-refractivity contribution in [2.45, 2.75) is 13.5 Å². The molecule has 3 aromatic rings. The molecule has 0 aliphatic heterocycles. The average molecular weight is 392 g/mol. The maximum atomic E-state index is 12.2. The molecule has 1 heterocycles. The minimum absolute atomic E-state index is 0.242. The van der Waals surface area contributed by atoms with E-state index in [9.17, 15) is 4.79 Å². The highest BCUT2D eigenvalue weighted by Crippen LogP contribution is 2.16. The standard InChI is InChI=1S/C22H24N4O3/c1-16-5-3-4-6-17(16)13-24-22-25-14-18(15-26-22)21(27)23-11-12-29-20-9-7-19(28-2)8-10-20/h3-10,14-15H,11-13H2,1-2H3,(H,23,27)(H,24,25,26). The van der Waals surface area contributed by atoms with E-state index in [1.54, 1.807) is 7.11 Å². The molecule has 0 fully saturated rings. The first kappa shape index (κ1) is 20.1. The molecule has 1 aromatic heterocycles. The van der Waals surface area contributed by atoms with E-state index in [4.69, 9.17) is 9.47 Å². The van der Waals surface area contributed by atoms with Crippen LogP contribution >= 0.6 is 0 Å². The molecule has 7 nitrogen and oxygen atoms in total. The van der Waals surface area contributed by atoms with Gasteiger partial charge in [0.2, 0.25) is 5.95 Å². The number of hydrogen-bond acceptors (Lipinski definition) is 6. The van der Waals surface area contributed by atoms with Gasteiger partial charge in [0.1, 0.15) is 18.1 Å². The van der Waals surface area contributed by atoms with Gasteiger partial charge in [-0.3, -0.25) is 4.79 Å². The first-order valence-corrected chi connectivity index (χ1v) is 9.31. The Bertz CT molecular complexity index is 928. The van der Waals surface area contributed by atoms with Gasteiger partial charge in [-0.25, -0.2) is 9.97 Å². The molecule has 7 heteroatoms. The summed E-state index contributed by atoms with van der Waals surface area (Å²) in [5, 5.41) is 5.95. The van der Waals surface area contributed by atoms with Gasteiger partial charge in [-0.05, 0) is 42.3 Å². The van der Waals surface area contributed by atoms with Crippen molar-refractivity contribution in [3.8, 4) is 11.5 Å². The number of ether oxygens (including phenoxy) is 2. The van der Waals surface area contributed by atoms with Gasteiger partial charge < -0.3 is 20.1 Å². The number of aromatic nitrogens is 2. The Morgan fingerprint density at radius 3 is 2.38 bits per heavy atom. The topological polar surface area (TPSA) is 85.4 Å². The maximum absolute atomic E-state index is 12.2. The quantitative estimate of drug-likeness (QED) is 0.544. The van der Waals surface area contributed by atoms with Crippen molar-refractivity contribution in [2.75, 3.05) is 25.6 Å². The Labute approximate surface area is 170 Å². The first-order chi connectivity index (χ1) is 14.2. The number of benzene rings is 2. The van der Waals surface area contributed by atoms with Gasteiger partial charge in [-0.15, -0.1) is 0 Å². The number of amides is 1. The normalized spacial score (nSPS) is 10.3. The molecule has 0 atom stereocenters. The zero-order valence-corrected chi connectivity index (χ0v) is 16.5. The van der Waals surface area contributed by atoms with Crippen LogP contribution in [-0.2, 0) is 6.54 Å². The minimum Gasteiger partial charge on any atom is -0.497 e. The number of methoxy groups -OCH3 is 1. The zero-order valence-electron chi connectivity index (χ0n) is 16.5. The fourth-order valence-electron chi connectivity index (χ4n) is 2.63. The summed E-state index contributed by atoms with van der Waals surface area (Å²) < 4.78 is 10.7. The van der Waals surface area contributed by atoms with Crippen LogP contribution < -0.4 is 20.1 Å². The van der Waals surface area contributed by atoms with Crippen LogP contribution in [0.2, 0.25) is 0 Å². The molecule has 0 bridgehead atoms. The van der Waals surface area contributed by atoms with E-state index in [0.717, 1.165) is 5.75 Å². The predicted molar refractivity (Wildman–Crippen MR) is 111 cm³/mol. The Balaban J connectivity index is 1.42. The summed E-state index contributed by atoms with van der Waals surface area (Å²) in [6, 6.07) is 15.4. The molecule has 29 heavy (non-hydrogen) atoms. The second kappa shape index (κ2) is 10.1. The molecule has 2 aromatic carbocycles. The number of aryl methyl sites for hydroxylation is 1. The molecule has 0 radical (unpaired) electrons. The van der Waals surface area contributed by atoms with Crippen molar-refractivity contribution in [3.63, 3.8) is 0 Å². The van der Waals surface area contributed by atoms with E-state index >= 15 is 0 Å². The summed E-state index contributed by atoms with van der Waals surface area (Å²) in [6.07, 6.45) is 3.01. The lowest BCUT2D eigenvalue weighted by Gasteiger charge is -2.09.